The van der Waals surface area contributed by atoms with Crippen LogP contribution in [-0.4, -0.2) is 19.6 Å². The summed E-state index contributed by atoms with van der Waals surface area (Å²) < 4.78 is 4.71. The Kier molecular flexibility index (Phi) is 2.06. The highest BCUT2D eigenvalue weighted by atomic mass is 16.5. The zero-order valence-corrected chi connectivity index (χ0v) is 8.08. The molecule has 0 aliphatic heterocycles. The third kappa shape index (κ3) is 1.35. The Balaban J connectivity index is 1.76. The SMILES string of the molecule is COC(=O)C1CC2(CC(CN)C2)C1. The number of carbonyl (C=O) groups is 1. The number of nitrogens with two attached hydrogens (primary N) is 1. The molecule has 74 valence electrons. The molecular formula is C10H17NO2. The van der Waals surface area contributed by atoms with E-state index in [0.29, 0.717) is 5.41 Å². The second-order valence-corrected chi connectivity index (χ2v) is 4.64. The molecule has 13 heavy (non-hydrogen) atoms. The Morgan fingerprint density at radius 2 is 2.08 bits per heavy atom. The van der Waals surface area contributed by atoms with Crippen molar-refractivity contribution in [1.82, 2.24) is 0 Å². The zero-order valence-electron chi connectivity index (χ0n) is 8.08. The van der Waals surface area contributed by atoms with E-state index in [0.717, 1.165) is 25.3 Å². The fourth-order valence-electron chi connectivity index (χ4n) is 2.98. The molecular weight excluding hydrogens is 166 g/mol. The molecule has 2 aliphatic rings. The van der Waals surface area contributed by atoms with Crippen molar-refractivity contribution in [2.24, 2.45) is 23.0 Å². The summed E-state index contributed by atoms with van der Waals surface area (Å²) in [4.78, 5) is 11.1. The minimum atomic E-state index is -0.0261. The molecule has 2 fully saturated rings. The maximum atomic E-state index is 11.1. The van der Waals surface area contributed by atoms with Crippen LogP contribution in [0, 0.1) is 17.3 Å². The van der Waals surface area contributed by atoms with Gasteiger partial charge >= 0.3 is 5.97 Å². The van der Waals surface area contributed by atoms with Crippen molar-refractivity contribution in [2.45, 2.75) is 25.7 Å². The van der Waals surface area contributed by atoms with Crippen molar-refractivity contribution >= 4 is 5.97 Å². The molecule has 1 spiro atoms. The zero-order chi connectivity index (χ0) is 9.47. The summed E-state index contributed by atoms with van der Waals surface area (Å²) in [5, 5.41) is 0. The molecule has 0 unspecified atom stereocenters. The summed E-state index contributed by atoms with van der Waals surface area (Å²) in [7, 11) is 1.47. The van der Waals surface area contributed by atoms with Gasteiger partial charge in [-0.25, -0.2) is 0 Å². The van der Waals surface area contributed by atoms with Gasteiger partial charge in [0.25, 0.3) is 0 Å². The maximum absolute atomic E-state index is 11.1. The lowest BCUT2D eigenvalue weighted by molar-refractivity contribution is -0.161. The van der Waals surface area contributed by atoms with Crippen LogP contribution in [0.4, 0.5) is 0 Å². The predicted octanol–water partition coefficient (Wildman–Crippen LogP) is 0.924. The highest BCUT2D eigenvalue weighted by Gasteiger charge is 2.54. The van der Waals surface area contributed by atoms with E-state index < -0.39 is 0 Å². The Hall–Kier alpha value is -0.570. The number of ether oxygens (including phenoxy) is 1. The van der Waals surface area contributed by atoms with Crippen LogP contribution >= 0.6 is 0 Å². The molecule has 0 aromatic rings. The minimum Gasteiger partial charge on any atom is -0.469 e. The summed E-state index contributed by atoms with van der Waals surface area (Å²) >= 11 is 0. The van der Waals surface area contributed by atoms with Gasteiger partial charge in [-0.2, -0.15) is 0 Å². The van der Waals surface area contributed by atoms with Crippen molar-refractivity contribution in [3.63, 3.8) is 0 Å². The van der Waals surface area contributed by atoms with Crippen LogP contribution < -0.4 is 5.73 Å². The average Bonchev–Trinajstić information content (AvgIpc) is 1.99. The highest BCUT2D eigenvalue weighted by Crippen LogP contribution is 2.61. The number of hydrogen-bond donors (Lipinski definition) is 1. The van der Waals surface area contributed by atoms with E-state index >= 15 is 0 Å². The number of rotatable bonds is 2. The van der Waals surface area contributed by atoms with Gasteiger partial charge in [0.2, 0.25) is 0 Å². The molecule has 2 rings (SSSR count). The first-order valence-corrected chi connectivity index (χ1v) is 4.97. The molecule has 0 radical (unpaired) electrons. The molecule has 0 bridgehead atoms. The van der Waals surface area contributed by atoms with Crippen molar-refractivity contribution in [3.05, 3.63) is 0 Å². The van der Waals surface area contributed by atoms with Gasteiger partial charge in [0, 0.05) is 0 Å². The molecule has 3 nitrogen and oxygen atoms in total. The largest absolute Gasteiger partial charge is 0.469 e. The first kappa shape index (κ1) is 9.00. The smallest absolute Gasteiger partial charge is 0.308 e. The van der Waals surface area contributed by atoms with Gasteiger partial charge in [0.1, 0.15) is 0 Å². The summed E-state index contributed by atoms with van der Waals surface area (Å²) in [6.07, 6.45) is 4.54. The molecule has 0 atom stereocenters. The third-order valence-corrected chi connectivity index (χ3v) is 3.67. The summed E-state index contributed by atoms with van der Waals surface area (Å²) in [6, 6.07) is 0. The van der Waals surface area contributed by atoms with Crippen LogP contribution in [0.5, 0.6) is 0 Å². The van der Waals surface area contributed by atoms with Crippen LogP contribution in [0.1, 0.15) is 25.7 Å². The van der Waals surface area contributed by atoms with Crippen LogP contribution in [0.3, 0.4) is 0 Å². The lowest BCUT2D eigenvalue weighted by Gasteiger charge is -2.56. The number of methoxy groups -OCH3 is 1. The Labute approximate surface area is 78.6 Å². The van der Waals surface area contributed by atoms with E-state index in [9.17, 15) is 4.79 Å². The maximum Gasteiger partial charge on any atom is 0.308 e. The van der Waals surface area contributed by atoms with Gasteiger partial charge in [0.05, 0.1) is 13.0 Å². The molecule has 3 heteroatoms. The van der Waals surface area contributed by atoms with Gasteiger partial charge in [-0.1, -0.05) is 0 Å². The molecule has 2 N–H and O–H groups in total. The predicted molar refractivity (Wildman–Crippen MR) is 49.0 cm³/mol. The van der Waals surface area contributed by atoms with Gasteiger partial charge in [-0.05, 0) is 43.6 Å². The molecule has 0 aromatic heterocycles. The second kappa shape index (κ2) is 2.98. The Bertz CT molecular complexity index is 213. The summed E-state index contributed by atoms with van der Waals surface area (Å²) in [6.45, 7) is 0.810. The number of hydrogen-bond acceptors (Lipinski definition) is 3. The van der Waals surface area contributed by atoms with E-state index in [2.05, 4.69) is 0 Å². The van der Waals surface area contributed by atoms with Crippen LogP contribution in [0.25, 0.3) is 0 Å². The second-order valence-electron chi connectivity index (χ2n) is 4.64. The van der Waals surface area contributed by atoms with Crippen molar-refractivity contribution in [3.8, 4) is 0 Å². The fraction of sp³-hybridized carbons (Fsp3) is 0.900. The normalized spacial score (nSPS) is 42.3. The van der Waals surface area contributed by atoms with Gasteiger partial charge in [0.15, 0.2) is 0 Å². The van der Waals surface area contributed by atoms with Gasteiger partial charge in [-0.15, -0.1) is 0 Å². The van der Waals surface area contributed by atoms with E-state index in [1.165, 1.54) is 20.0 Å². The minimum absolute atomic E-state index is 0.0261. The molecule has 0 aromatic carbocycles. The number of carbonyl (C=O) groups excluding carboxylic acids is 1. The quantitative estimate of drug-likeness (QED) is 0.648. The molecule has 2 saturated carbocycles. The Morgan fingerprint density at radius 3 is 2.54 bits per heavy atom. The number of esters is 1. The molecule has 0 amide bonds. The molecule has 0 heterocycles. The van der Waals surface area contributed by atoms with Crippen molar-refractivity contribution in [2.75, 3.05) is 13.7 Å². The lowest BCUT2D eigenvalue weighted by Crippen LogP contribution is -2.51. The third-order valence-electron chi connectivity index (χ3n) is 3.67. The fourth-order valence-corrected chi connectivity index (χ4v) is 2.98. The van der Waals surface area contributed by atoms with E-state index in [1.807, 2.05) is 0 Å². The summed E-state index contributed by atoms with van der Waals surface area (Å²) in [5.74, 6) is 0.879. The molecule has 2 aliphatic carbocycles. The van der Waals surface area contributed by atoms with Gasteiger partial charge < -0.3 is 10.5 Å². The van der Waals surface area contributed by atoms with Crippen LogP contribution in [0.15, 0.2) is 0 Å². The first-order valence-electron chi connectivity index (χ1n) is 4.97. The van der Waals surface area contributed by atoms with E-state index in [1.54, 1.807) is 0 Å². The molecule has 0 saturated heterocycles. The monoisotopic (exact) mass is 183 g/mol. The Morgan fingerprint density at radius 1 is 1.46 bits per heavy atom. The average molecular weight is 183 g/mol. The van der Waals surface area contributed by atoms with E-state index in [4.69, 9.17) is 10.5 Å². The summed E-state index contributed by atoms with van der Waals surface area (Å²) in [5.41, 5.74) is 6.05. The van der Waals surface area contributed by atoms with E-state index in [-0.39, 0.29) is 11.9 Å². The van der Waals surface area contributed by atoms with Gasteiger partial charge in [-0.3, -0.25) is 4.79 Å². The lowest BCUT2D eigenvalue weighted by atomic mass is 9.48. The highest BCUT2D eigenvalue weighted by molar-refractivity contribution is 5.73. The van der Waals surface area contributed by atoms with Crippen LogP contribution in [-0.2, 0) is 9.53 Å². The topological polar surface area (TPSA) is 52.3 Å². The first-order chi connectivity index (χ1) is 6.19. The van der Waals surface area contributed by atoms with Crippen LogP contribution in [0.2, 0.25) is 0 Å². The van der Waals surface area contributed by atoms with Crippen molar-refractivity contribution < 1.29 is 9.53 Å². The standard InChI is InChI=1S/C10H17NO2/c1-13-9(12)8-4-10(5-8)2-7(3-10)6-11/h7-8H,2-6,11H2,1H3. The van der Waals surface area contributed by atoms with Crippen molar-refractivity contribution in [1.29, 1.82) is 0 Å².